The Hall–Kier alpha value is -2.15. The lowest BCUT2D eigenvalue weighted by molar-refractivity contribution is -0.135. The number of nitrogens with two attached hydrogens (primary N) is 1. The maximum atomic E-state index is 13.4. The van der Waals surface area contributed by atoms with Crippen LogP contribution in [-0.2, 0) is 9.53 Å². The Balaban J connectivity index is 1.99. The molecule has 1 aliphatic rings. The second-order valence-electron chi connectivity index (χ2n) is 6.54. The summed E-state index contributed by atoms with van der Waals surface area (Å²) in [7, 11) is 1.24. The minimum absolute atomic E-state index is 0.0505. The van der Waals surface area contributed by atoms with E-state index >= 15 is 0 Å². The van der Waals surface area contributed by atoms with Gasteiger partial charge in [0.2, 0.25) is 5.91 Å². The van der Waals surface area contributed by atoms with Gasteiger partial charge >= 0.3 is 5.97 Å². The fourth-order valence-corrected chi connectivity index (χ4v) is 2.74. The average Bonchev–Trinajstić information content (AvgIpc) is 2.61. The Kier molecular flexibility index (Phi) is 6.36. The summed E-state index contributed by atoms with van der Waals surface area (Å²) >= 11 is 0. The van der Waals surface area contributed by atoms with E-state index in [-0.39, 0.29) is 29.2 Å². The van der Waals surface area contributed by atoms with Crippen LogP contribution in [0.4, 0.5) is 4.39 Å². The molecule has 0 spiro atoms. The van der Waals surface area contributed by atoms with Crippen LogP contribution in [0.5, 0.6) is 5.75 Å². The Bertz CT molecular complexity index is 628. The maximum absolute atomic E-state index is 13.4. The van der Waals surface area contributed by atoms with E-state index in [1.165, 1.54) is 19.2 Å². The van der Waals surface area contributed by atoms with Gasteiger partial charge in [-0.3, -0.25) is 4.79 Å². The summed E-state index contributed by atoms with van der Waals surface area (Å²) in [4.78, 5) is 25.8. The predicted molar refractivity (Wildman–Crippen MR) is 90.8 cm³/mol. The molecule has 0 aromatic heterocycles. The van der Waals surface area contributed by atoms with E-state index in [1.807, 2.05) is 13.8 Å². The number of carbonyl (C=O) groups is 2. The fourth-order valence-electron chi connectivity index (χ4n) is 2.74. The van der Waals surface area contributed by atoms with Crippen molar-refractivity contribution in [1.82, 2.24) is 4.90 Å². The lowest BCUT2D eigenvalue weighted by Gasteiger charge is -2.34. The highest BCUT2D eigenvalue weighted by molar-refractivity contribution is 5.92. The Morgan fingerprint density at radius 3 is 2.48 bits per heavy atom. The molecule has 1 aromatic carbocycles. The quantitative estimate of drug-likeness (QED) is 0.819. The van der Waals surface area contributed by atoms with Crippen LogP contribution in [0.15, 0.2) is 18.2 Å². The number of piperidine rings is 1. The van der Waals surface area contributed by atoms with Crippen LogP contribution >= 0.6 is 0 Å². The van der Waals surface area contributed by atoms with Gasteiger partial charge in [0.05, 0.1) is 13.2 Å². The van der Waals surface area contributed by atoms with Crippen molar-refractivity contribution in [3.8, 4) is 5.75 Å². The molecular weight excluding hydrogens is 327 g/mol. The zero-order valence-electron chi connectivity index (χ0n) is 14.8. The van der Waals surface area contributed by atoms with E-state index in [1.54, 1.807) is 4.90 Å². The second-order valence-corrected chi connectivity index (χ2v) is 6.54. The fraction of sp³-hybridized carbons (Fsp3) is 0.556. The monoisotopic (exact) mass is 352 g/mol. The largest absolute Gasteiger partial charge is 0.489 e. The van der Waals surface area contributed by atoms with Crippen molar-refractivity contribution < 1.29 is 23.5 Å². The van der Waals surface area contributed by atoms with Crippen LogP contribution in [0.2, 0.25) is 0 Å². The summed E-state index contributed by atoms with van der Waals surface area (Å²) < 4.78 is 23.9. The van der Waals surface area contributed by atoms with Crippen LogP contribution in [0.1, 0.15) is 37.0 Å². The predicted octanol–water partition coefficient (Wildman–Crippen LogP) is 1.97. The molecule has 7 heteroatoms. The lowest BCUT2D eigenvalue weighted by Crippen LogP contribution is -2.50. The van der Waals surface area contributed by atoms with Crippen LogP contribution in [0.3, 0.4) is 0 Å². The van der Waals surface area contributed by atoms with Gasteiger partial charge in [0.25, 0.3) is 0 Å². The van der Waals surface area contributed by atoms with E-state index in [2.05, 4.69) is 4.74 Å². The van der Waals surface area contributed by atoms with E-state index in [0.717, 1.165) is 6.07 Å². The minimum atomic E-state index is -0.648. The van der Waals surface area contributed by atoms with Gasteiger partial charge in [0, 0.05) is 25.9 Å². The summed E-state index contributed by atoms with van der Waals surface area (Å²) in [5, 5.41) is 0. The molecule has 2 N–H and O–H groups in total. The molecule has 0 radical (unpaired) electrons. The van der Waals surface area contributed by atoms with Crippen molar-refractivity contribution in [1.29, 1.82) is 0 Å². The molecule has 138 valence electrons. The Morgan fingerprint density at radius 1 is 1.28 bits per heavy atom. The number of halogens is 1. The summed E-state index contributed by atoms with van der Waals surface area (Å²) in [6, 6.07) is 3.26. The van der Waals surface area contributed by atoms with Crippen molar-refractivity contribution in [2.45, 2.75) is 38.8 Å². The summed E-state index contributed by atoms with van der Waals surface area (Å²) in [6.45, 7) is 4.92. The molecule has 0 aliphatic carbocycles. The van der Waals surface area contributed by atoms with E-state index in [9.17, 15) is 14.0 Å². The molecular formula is C18H25FN2O4. The molecule has 25 heavy (non-hydrogen) atoms. The smallest absolute Gasteiger partial charge is 0.341 e. The molecule has 1 amide bonds. The topological polar surface area (TPSA) is 81.9 Å². The van der Waals surface area contributed by atoms with E-state index < -0.39 is 17.8 Å². The van der Waals surface area contributed by atoms with Gasteiger partial charge in [-0.1, -0.05) is 13.8 Å². The SMILES string of the molecule is COC(=O)c1cc(F)ccc1OC1CCN(C(=O)[C@H](N)C(C)C)CC1. The number of methoxy groups -OCH3 is 1. The minimum Gasteiger partial charge on any atom is -0.489 e. The first-order valence-corrected chi connectivity index (χ1v) is 8.42. The number of rotatable bonds is 5. The molecule has 0 saturated carbocycles. The number of nitrogens with zero attached hydrogens (tertiary/aromatic N) is 1. The summed E-state index contributed by atoms with van der Waals surface area (Å²) in [5.41, 5.74) is 5.98. The number of ether oxygens (including phenoxy) is 2. The number of hydrogen-bond donors (Lipinski definition) is 1. The summed E-state index contributed by atoms with van der Waals surface area (Å²) in [5.74, 6) is -0.855. The third-order valence-electron chi connectivity index (χ3n) is 4.40. The van der Waals surface area contributed by atoms with Crippen molar-refractivity contribution >= 4 is 11.9 Å². The Morgan fingerprint density at radius 2 is 1.92 bits per heavy atom. The number of esters is 1. The van der Waals surface area contributed by atoms with Gasteiger partial charge in [-0.25, -0.2) is 9.18 Å². The molecule has 1 saturated heterocycles. The highest BCUT2D eigenvalue weighted by Gasteiger charge is 2.29. The number of amides is 1. The first-order chi connectivity index (χ1) is 11.8. The molecule has 1 heterocycles. The molecule has 1 atom stereocenters. The molecule has 2 rings (SSSR count). The zero-order valence-corrected chi connectivity index (χ0v) is 14.8. The van der Waals surface area contributed by atoms with Crippen LogP contribution in [0, 0.1) is 11.7 Å². The second kappa shape index (κ2) is 8.29. The zero-order chi connectivity index (χ0) is 18.6. The number of benzene rings is 1. The first-order valence-electron chi connectivity index (χ1n) is 8.42. The van der Waals surface area contributed by atoms with Crippen LogP contribution in [-0.4, -0.2) is 49.1 Å². The number of likely N-dealkylation sites (tertiary alicyclic amines) is 1. The van der Waals surface area contributed by atoms with Gasteiger partial charge in [-0.15, -0.1) is 0 Å². The normalized spacial score (nSPS) is 16.6. The number of carbonyl (C=O) groups excluding carboxylic acids is 2. The molecule has 0 unspecified atom stereocenters. The van der Waals surface area contributed by atoms with Gasteiger partial charge in [-0.05, 0) is 24.1 Å². The van der Waals surface area contributed by atoms with E-state index in [4.69, 9.17) is 10.5 Å². The van der Waals surface area contributed by atoms with Gasteiger partial charge in [0.15, 0.2) is 0 Å². The van der Waals surface area contributed by atoms with Gasteiger partial charge in [0.1, 0.15) is 23.2 Å². The van der Waals surface area contributed by atoms with Crippen molar-refractivity contribution in [2.24, 2.45) is 11.7 Å². The lowest BCUT2D eigenvalue weighted by atomic mass is 10.0. The highest BCUT2D eigenvalue weighted by atomic mass is 19.1. The van der Waals surface area contributed by atoms with Crippen molar-refractivity contribution in [3.63, 3.8) is 0 Å². The highest BCUT2D eigenvalue weighted by Crippen LogP contribution is 2.25. The molecule has 0 bridgehead atoms. The van der Waals surface area contributed by atoms with Gasteiger partial charge in [-0.2, -0.15) is 0 Å². The van der Waals surface area contributed by atoms with E-state index in [0.29, 0.717) is 25.9 Å². The van der Waals surface area contributed by atoms with Crippen LogP contribution in [0.25, 0.3) is 0 Å². The molecule has 1 aromatic rings. The van der Waals surface area contributed by atoms with Crippen molar-refractivity contribution in [3.05, 3.63) is 29.6 Å². The molecule has 1 fully saturated rings. The Labute approximate surface area is 147 Å². The summed E-state index contributed by atoms with van der Waals surface area (Å²) in [6.07, 6.45) is 1.08. The van der Waals surface area contributed by atoms with Crippen molar-refractivity contribution in [2.75, 3.05) is 20.2 Å². The number of hydrogen-bond acceptors (Lipinski definition) is 5. The molecule has 1 aliphatic heterocycles. The third kappa shape index (κ3) is 4.69. The van der Waals surface area contributed by atoms with Crippen LogP contribution < -0.4 is 10.5 Å². The van der Waals surface area contributed by atoms with Gasteiger partial charge < -0.3 is 20.1 Å². The average molecular weight is 352 g/mol. The maximum Gasteiger partial charge on any atom is 0.341 e. The standard InChI is InChI=1S/C18H25FN2O4/c1-11(2)16(20)17(22)21-8-6-13(7-9-21)25-15-5-4-12(19)10-14(15)18(23)24-3/h4-5,10-11,13,16H,6-9,20H2,1-3H3/t16-/m1/s1. The third-order valence-corrected chi connectivity index (χ3v) is 4.40. The molecule has 6 nitrogen and oxygen atoms in total. The first kappa shape index (κ1) is 19.2.